The normalized spacial score (nSPS) is 24.3. The smallest absolute Gasteiger partial charge is 0.224 e. The molecule has 1 aliphatic carbocycles. The van der Waals surface area contributed by atoms with Crippen molar-refractivity contribution in [3.8, 4) is 0 Å². The van der Waals surface area contributed by atoms with Crippen LogP contribution in [-0.4, -0.2) is 40.0 Å². The number of aromatic nitrogens is 3. The lowest BCUT2D eigenvalue weighted by Crippen LogP contribution is -2.38. The summed E-state index contributed by atoms with van der Waals surface area (Å²) in [5, 5.41) is 3.23. The van der Waals surface area contributed by atoms with Crippen LogP contribution in [0.15, 0.2) is 47.2 Å². The third kappa shape index (κ3) is 3.32. The lowest BCUT2D eigenvalue weighted by atomic mass is 10.2. The summed E-state index contributed by atoms with van der Waals surface area (Å²) in [6.45, 7) is 1.76. The van der Waals surface area contributed by atoms with E-state index < -0.39 is 0 Å². The molecule has 7 heteroatoms. The molecule has 2 fully saturated rings. The number of benzene rings is 1. The van der Waals surface area contributed by atoms with Crippen LogP contribution in [0.2, 0.25) is 0 Å². The van der Waals surface area contributed by atoms with Crippen molar-refractivity contribution in [3.63, 3.8) is 0 Å². The number of carbonyl (C=O) groups is 1. The summed E-state index contributed by atoms with van der Waals surface area (Å²) in [4.78, 5) is 27.2. The maximum absolute atomic E-state index is 12.7. The van der Waals surface area contributed by atoms with Crippen molar-refractivity contribution in [3.05, 3.63) is 53.0 Å². The number of pyridine rings is 1. The van der Waals surface area contributed by atoms with Crippen LogP contribution in [0, 0.1) is 5.92 Å². The third-order valence-electron chi connectivity index (χ3n) is 5.48. The van der Waals surface area contributed by atoms with E-state index in [1.165, 1.54) is 0 Å². The van der Waals surface area contributed by atoms with Gasteiger partial charge in [0.15, 0.2) is 0 Å². The maximum atomic E-state index is 12.7. The molecule has 5 rings (SSSR count). The van der Waals surface area contributed by atoms with Gasteiger partial charge < -0.3 is 15.2 Å². The molecular formula is C20H20BrN5O. The zero-order chi connectivity index (χ0) is 18.4. The number of nitrogens with one attached hydrogen (secondary N) is 2. The van der Waals surface area contributed by atoms with Crippen molar-refractivity contribution in [1.82, 2.24) is 20.3 Å². The molecule has 1 amide bonds. The van der Waals surface area contributed by atoms with Gasteiger partial charge in [0.1, 0.15) is 5.82 Å². The van der Waals surface area contributed by atoms with E-state index in [1.54, 1.807) is 6.20 Å². The van der Waals surface area contributed by atoms with Crippen molar-refractivity contribution < 1.29 is 4.79 Å². The average Bonchev–Trinajstić information content (AvgIpc) is 3.14. The van der Waals surface area contributed by atoms with Gasteiger partial charge in [0.2, 0.25) is 5.91 Å². The maximum Gasteiger partial charge on any atom is 0.224 e. The van der Waals surface area contributed by atoms with E-state index in [-0.39, 0.29) is 23.8 Å². The van der Waals surface area contributed by atoms with Crippen LogP contribution >= 0.6 is 15.9 Å². The van der Waals surface area contributed by atoms with E-state index in [2.05, 4.69) is 47.2 Å². The van der Waals surface area contributed by atoms with Crippen molar-refractivity contribution in [1.29, 1.82) is 0 Å². The lowest BCUT2D eigenvalue weighted by Gasteiger charge is -2.19. The molecule has 0 radical (unpaired) electrons. The fraction of sp³-hybridized carbons (Fsp3) is 0.350. The monoisotopic (exact) mass is 425 g/mol. The van der Waals surface area contributed by atoms with Gasteiger partial charge in [0, 0.05) is 41.6 Å². The summed E-state index contributed by atoms with van der Waals surface area (Å²) >= 11 is 3.47. The molecule has 2 aliphatic rings. The highest BCUT2D eigenvalue weighted by atomic mass is 79.9. The van der Waals surface area contributed by atoms with Crippen LogP contribution < -0.4 is 10.2 Å². The number of hydrogen-bond donors (Lipinski definition) is 2. The Morgan fingerprint density at radius 3 is 3.04 bits per heavy atom. The van der Waals surface area contributed by atoms with Gasteiger partial charge in [-0.25, -0.2) is 4.98 Å². The number of hydrogen-bond acceptors (Lipinski definition) is 4. The number of carbonyl (C=O) groups excluding carboxylic acids is 1. The first-order valence-electron chi connectivity index (χ1n) is 9.28. The first-order valence-corrected chi connectivity index (χ1v) is 10.1. The van der Waals surface area contributed by atoms with E-state index >= 15 is 0 Å². The fourth-order valence-corrected chi connectivity index (χ4v) is 4.28. The van der Waals surface area contributed by atoms with Crippen molar-refractivity contribution in [2.24, 2.45) is 5.92 Å². The van der Waals surface area contributed by atoms with Crippen LogP contribution in [0.25, 0.3) is 11.0 Å². The second kappa shape index (κ2) is 6.64. The molecule has 2 aromatic heterocycles. The summed E-state index contributed by atoms with van der Waals surface area (Å²) in [5.74, 6) is 1.33. The molecule has 2 N–H and O–H groups in total. The Morgan fingerprint density at radius 1 is 1.30 bits per heavy atom. The zero-order valence-corrected chi connectivity index (χ0v) is 16.3. The largest absolute Gasteiger partial charge is 0.368 e. The second-order valence-electron chi connectivity index (χ2n) is 7.39. The number of halogens is 1. The quantitative estimate of drug-likeness (QED) is 0.672. The third-order valence-corrected chi connectivity index (χ3v) is 5.91. The van der Waals surface area contributed by atoms with Crippen molar-refractivity contribution in [2.75, 3.05) is 18.0 Å². The predicted octanol–water partition coefficient (Wildman–Crippen LogP) is 3.22. The van der Waals surface area contributed by atoms with Crippen LogP contribution in [0.5, 0.6) is 0 Å². The Labute approximate surface area is 165 Å². The summed E-state index contributed by atoms with van der Waals surface area (Å²) < 4.78 is 0.971. The summed E-state index contributed by atoms with van der Waals surface area (Å²) in [6.07, 6.45) is 5.48. The first kappa shape index (κ1) is 16.7. The van der Waals surface area contributed by atoms with Crippen LogP contribution in [0.4, 0.5) is 5.69 Å². The van der Waals surface area contributed by atoms with Gasteiger partial charge in [-0.3, -0.25) is 9.78 Å². The molecule has 0 spiro atoms. The molecule has 1 aliphatic heterocycles. The topological polar surface area (TPSA) is 73.9 Å². The number of amides is 1. The number of H-pyrrole nitrogens is 1. The molecule has 3 atom stereocenters. The van der Waals surface area contributed by atoms with Gasteiger partial charge in [-0.05, 0) is 47.0 Å². The number of aromatic amines is 1. The first-order chi connectivity index (χ1) is 13.2. The minimum atomic E-state index is 0.0344. The standard InChI is InChI=1S/C20H20BrN5O/c21-12-7-14(10-22-9-12)26-6-5-13(11-26)23-20(27)16-8-15(16)19-24-17-3-1-2-4-18(17)25-19/h1-4,7,9-10,13,15-16H,5-6,8,11H2,(H,23,27)(H,24,25)/t13-,15+,16+/m1/s1. The molecule has 1 saturated carbocycles. The summed E-state index contributed by atoms with van der Waals surface area (Å²) in [7, 11) is 0. The Balaban J connectivity index is 1.19. The van der Waals surface area contributed by atoms with E-state index in [1.807, 2.05) is 30.5 Å². The minimum Gasteiger partial charge on any atom is -0.368 e. The lowest BCUT2D eigenvalue weighted by molar-refractivity contribution is -0.123. The summed E-state index contributed by atoms with van der Waals surface area (Å²) in [5.41, 5.74) is 3.09. The van der Waals surface area contributed by atoms with E-state index in [0.29, 0.717) is 0 Å². The molecule has 0 unspecified atom stereocenters. The van der Waals surface area contributed by atoms with Gasteiger partial charge in [-0.2, -0.15) is 0 Å². The highest BCUT2D eigenvalue weighted by Crippen LogP contribution is 2.46. The Hall–Kier alpha value is -2.41. The number of fused-ring (bicyclic) bond motifs is 1. The highest BCUT2D eigenvalue weighted by molar-refractivity contribution is 9.10. The molecule has 3 heterocycles. The van der Waals surface area contributed by atoms with Gasteiger partial charge >= 0.3 is 0 Å². The van der Waals surface area contributed by atoms with Gasteiger partial charge in [-0.15, -0.1) is 0 Å². The SMILES string of the molecule is O=C(N[C@@H]1CCN(c2cncc(Br)c2)C1)[C@H]1C[C@@H]1c1nc2ccccc2[nH]1. The Kier molecular flexibility index (Phi) is 4.11. The van der Waals surface area contributed by atoms with E-state index in [9.17, 15) is 4.79 Å². The molecular weight excluding hydrogens is 406 g/mol. The van der Waals surface area contributed by atoms with Crippen molar-refractivity contribution in [2.45, 2.75) is 24.8 Å². The number of nitrogens with zero attached hydrogens (tertiary/aromatic N) is 3. The van der Waals surface area contributed by atoms with Gasteiger partial charge in [0.25, 0.3) is 0 Å². The van der Waals surface area contributed by atoms with Crippen LogP contribution in [0.3, 0.4) is 0 Å². The predicted molar refractivity (Wildman–Crippen MR) is 108 cm³/mol. The van der Waals surface area contributed by atoms with E-state index in [0.717, 1.165) is 52.9 Å². The summed E-state index contributed by atoms with van der Waals surface area (Å²) in [6, 6.07) is 10.2. The van der Waals surface area contributed by atoms with Crippen LogP contribution in [0.1, 0.15) is 24.6 Å². The molecule has 27 heavy (non-hydrogen) atoms. The molecule has 3 aromatic rings. The second-order valence-corrected chi connectivity index (χ2v) is 8.31. The molecule has 1 aromatic carbocycles. The fourth-order valence-electron chi connectivity index (χ4n) is 3.93. The highest BCUT2D eigenvalue weighted by Gasteiger charge is 2.46. The van der Waals surface area contributed by atoms with Gasteiger partial charge in [0.05, 0.1) is 22.9 Å². The number of para-hydroxylation sites is 2. The Morgan fingerprint density at radius 2 is 2.19 bits per heavy atom. The molecule has 138 valence electrons. The van der Waals surface area contributed by atoms with Crippen LogP contribution in [-0.2, 0) is 4.79 Å². The molecule has 6 nitrogen and oxygen atoms in total. The van der Waals surface area contributed by atoms with Crippen molar-refractivity contribution >= 4 is 38.6 Å². The minimum absolute atomic E-state index is 0.0344. The number of rotatable bonds is 4. The number of imidazole rings is 1. The molecule has 0 bridgehead atoms. The Bertz CT molecular complexity index is 970. The zero-order valence-electron chi connectivity index (χ0n) is 14.7. The van der Waals surface area contributed by atoms with E-state index in [4.69, 9.17) is 0 Å². The average molecular weight is 426 g/mol. The molecule has 1 saturated heterocycles. The van der Waals surface area contributed by atoms with Gasteiger partial charge in [-0.1, -0.05) is 12.1 Å². The number of anilines is 1.